The summed E-state index contributed by atoms with van der Waals surface area (Å²) in [5.74, 6) is -0.235. The summed E-state index contributed by atoms with van der Waals surface area (Å²) in [6.45, 7) is 7.70. The SMILES string of the molecule is C=Cc1cc2c(C=O)c(-c3ccc(F)cc3)oc2cc1CS(C)(=O)=O.CC. The molecule has 0 N–H and O–H groups in total. The maximum absolute atomic E-state index is 13.1. The van der Waals surface area contributed by atoms with Crippen LogP contribution in [0.3, 0.4) is 0 Å². The Morgan fingerprint density at radius 2 is 1.78 bits per heavy atom. The highest BCUT2D eigenvalue weighted by atomic mass is 32.2. The van der Waals surface area contributed by atoms with E-state index in [1.165, 1.54) is 24.3 Å². The van der Waals surface area contributed by atoms with Gasteiger partial charge in [0.1, 0.15) is 17.2 Å². The first kappa shape index (κ1) is 20.6. The molecule has 0 amide bonds. The van der Waals surface area contributed by atoms with Crippen LogP contribution in [0.15, 0.2) is 47.4 Å². The molecule has 3 aromatic rings. The molecule has 0 aliphatic heterocycles. The lowest BCUT2D eigenvalue weighted by Gasteiger charge is -2.05. The van der Waals surface area contributed by atoms with Crippen LogP contribution in [-0.4, -0.2) is 21.0 Å². The second-order valence-electron chi connectivity index (χ2n) is 5.79. The number of halogens is 1. The van der Waals surface area contributed by atoms with E-state index in [9.17, 15) is 17.6 Å². The third-order valence-electron chi connectivity index (χ3n) is 3.85. The summed E-state index contributed by atoms with van der Waals surface area (Å²) in [4.78, 5) is 11.6. The highest BCUT2D eigenvalue weighted by Crippen LogP contribution is 2.35. The van der Waals surface area contributed by atoms with Gasteiger partial charge in [-0.1, -0.05) is 26.5 Å². The molecule has 0 bridgehead atoms. The monoisotopic (exact) mass is 388 g/mol. The van der Waals surface area contributed by atoms with Gasteiger partial charge in [0.05, 0.1) is 11.3 Å². The molecule has 0 radical (unpaired) electrons. The van der Waals surface area contributed by atoms with E-state index in [0.29, 0.717) is 45.3 Å². The molecule has 0 aliphatic rings. The van der Waals surface area contributed by atoms with Crippen LogP contribution >= 0.6 is 0 Å². The molecule has 0 saturated carbocycles. The first-order valence-corrected chi connectivity index (χ1v) is 10.5. The lowest BCUT2D eigenvalue weighted by atomic mass is 10.0. The van der Waals surface area contributed by atoms with Gasteiger partial charge in [0.2, 0.25) is 0 Å². The van der Waals surface area contributed by atoms with Crippen LogP contribution in [0.1, 0.15) is 35.3 Å². The fraction of sp³-hybridized carbons (Fsp3) is 0.190. The second-order valence-corrected chi connectivity index (χ2v) is 7.93. The van der Waals surface area contributed by atoms with Crippen molar-refractivity contribution in [3.63, 3.8) is 0 Å². The quantitative estimate of drug-likeness (QED) is 0.559. The van der Waals surface area contributed by atoms with E-state index >= 15 is 0 Å². The van der Waals surface area contributed by atoms with Crippen LogP contribution in [0.25, 0.3) is 28.4 Å². The minimum Gasteiger partial charge on any atom is -0.455 e. The van der Waals surface area contributed by atoms with Crippen LogP contribution in [0.5, 0.6) is 0 Å². The van der Waals surface area contributed by atoms with Crippen molar-refractivity contribution in [2.75, 3.05) is 6.26 Å². The van der Waals surface area contributed by atoms with E-state index in [1.54, 1.807) is 18.2 Å². The molecule has 1 aromatic heterocycles. The largest absolute Gasteiger partial charge is 0.455 e. The maximum atomic E-state index is 13.1. The highest BCUT2D eigenvalue weighted by molar-refractivity contribution is 7.89. The van der Waals surface area contributed by atoms with E-state index in [-0.39, 0.29) is 5.75 Å². The fourth-order valence-corrected chi connectivity index (χ4v) is 3.57. The lowest BCUT2D eigenvalue weighted by Crippen LogP contribution is -2.02. The molecule has 0 aliphatic carbocycles. The molecule has 3 rings (SSSR count). The Morgan fingerprint density at radius 1 is 1.15 bits per heavy atom. The normalized spacial score (nSPS) is 11.0. The molecule has 27 heavy (non-hydrogen) atoms. The number of carbonyl (C=O) groups excluding carboxylic acids is 1. The molecule has 0 spiro atoms. The molecule has 0 saturated heterocycles. The highest BCUT2D eigenvalue weighted by Gasteiger charge is 2.18. The zero-order valence-corrected chi connectivity index (χ0v) is 16.3. The Hall–Kier alpha value is -2.73. The van der Waals surface area contributed by atoms with Crippen LogP contribution in [0.2, 0.25) is 0 Å². The molecule has 0 atom stereocenters. The summed E-state index contributed by atoms with van der Waals surface area (Å²) in [5, 5.41) is 0.557. The Bertz CT molecular complexity index is 1080. The number of sulfone groups is 1. The minimum atomic E-state index is -3.24. The van der Waals surface area contributed by atoms with Crippen LogP contribution in [0, 0.1) is 5.82 Å². The molecule has 4 nitrogen and oxygen atoms in total. The summed E-state index contributed by atoms with van der Waals surface area (Å²) in [6, 6.07) is 8.89. The van der Waals surface area contributed by atoms with Gasteiger partial charge >= 0.3 is 0 Å². The number of rotatable bonds is 5. The number of furan rings is 1. The molecule has 0 unspecified atom stereocenters. The second kappa shape index (κ2) is 8.31. The number of aldehydes is 1. The maximum Gasteiger partial charge on any atom is 0.154 e. The smallest absolute Gasteiger partial charge is 0.154 e. The molecule has 142 valence electrons. The molecular formula is C21H21FO4S. The van der Waals surface area contributed by atoms with E-state index in [4.69, 9.17) is 4.42 Å². The first-order valence-electron chi connectivity index (χ1n) is 8.43. The molecule has 2 aromatic carbocycles. The van der Waals surface area contributed by atoms with Gasteiger partial charge in [0, 0.05) is 17.2 Å². The van der Waals surface area contributed by atoms with Gasteiger partial charge in [-0.25, -0.2) is 12.8 Å². The summed E-state index contributed by atoms with van der Waals surface area (Å²) in [6.07, 6.45) is 3.36. The van der Waals surface area contributed by atoms with Gasteiger partial charge in [-0.15, -0.1) is 0 Å². The zero-order valence-electron chi connectivity index (χ0n) is 15.5. The standard InChI is InChI=1S/C19H15FO4S.C2H6/c1-3-12-8-16-17(10-21)19(13-4-6-15(20)7-5-13)24-18(16)9-14(12)11-25(2,22)23;1-2/h3-10H,1,11H2,2H3;1-2H3. The van der Waals surface area contributed by atoms with E-state index < -0.39 is 15.7 Å². The number of hydrogen-bond donors (Lipinski definition) is 0. The lowest BCUT2D eigenvalue weighted by molar-refractivity contribution is 0.112. The van der Waals surface area contributed by atoms with Gasteiger partial charge in [0.15, 0.2) is 16.1 Å². The third-order valence-corrected chi connectivity index (χ3v) is 4.69. The zero-order chi connectivity index (χ0) is 20.2. The van der Waals surface area contributed by atoms with Gasteiger partial charge in [-0.2, -0.15) is 0 Å². The third kappa shape index (κ3) is 4.52. The van der Waals surface area contributed by atoms with Gasteiger partial charge in [0.25, 0.3) is 0 Å². The van der Waals surface area contributed by atoms with Gasteiger partial charge < -0.3 is 4.42 Å². The van der Waals surface area contributed by atoms with Crippen LogP contribution < -0.4 is 0 Å². The summed E-state index contributed by atoms with van der Waals surface area (Å²) in [5.41, 5.74) is 2.44. The Labute approximate surface area is 158 Å². The minimum absolute atomic E-state index is 0.159. The van der Waals surface area contributed by atoms with E-state index in [2.05, 4.69) is 6.58 Å². The van der Waals surface area contributed by atoms with E-state index in [1.807, 2.05) is 13.8 Å². The Morgan fingerprint density at radius 3 is 2.30 bits per heavy atom. The Balaban J connectivity index is 0.00000126. The average molecular weight is 388 g/mol. The van der Waals surface area contributed by atoms with Crippen molar-refractivity contribution < 1.29 is 22.0 Å². The predicted molar refractivity (Wildman–Crippen MR) is 107 cm³/mol. The summed E-state index contributed by atoms with van der Waals surface area (Å²) < 4.78 is 42.2. The number of benzene rings is 2. The van der Waals surface area contributed by atoms with Crippen molar-refractivity contribution in [2.45, 2.75) is 19.6 Å². The fourth-order valence-electron chi connectivity index (χ4n) is 2.75. The number of hydrogen-bond acceptors (Lipinski definition) is 4. The van der Waals surface area contributed by atoms with Crippen molar-refractivity contribution in [3.05, 3.63) is 65.5 Å². The topological polar surface area (TPSA) is 64.3 Å². The van der Waals surface area contributed by atoms with Crippen molar-refractivity contribution >= 4 is 33.2 Å². The first-order chi connectivity index (χ1) is 12.8. The van der Waals surface area contributed by atoms with Crippen molar-refractivity contribution in [1.82, 2.24) is 0 Å². The summed E-state index contributed by atoms with van der Waals surface area (Å²) >= 11 is 0. The molecular weight excluding hydrogens is 367 g/mol. The molecule has 0 fully saturated rings. The van der Waals surface area contributed by atoms with E-state index in [0.717, 1.165) is 6.26 Å². The Kier molecular flexibility index (Phi) is 6.33. The number of carbonyl (C=O) groups is 1. The van der Waals surface area contributed by atoms with Crippen LogP contribution in [0.4, 0.5) is 4.39 Å². The predicted octanol–water partition coefficient (Wildman–Crippen LogP) is 5.27. The van der Waals surface area contributed by atoms with Gasteiger partial charge in [-0.05, 0) is 47.5 Å². The molecule has 6 heteroatoms. The summed E-state index contributed by atoms with van der Waals surface area (Å²) in [7, 11) is -3.24. The average Bonchev–Trinajstić information content (AvgIpc) is 2.99. The molecule has 1 heterocycles. The van der Waals surface area contributed by atoms with Gasteiger partial charge in [-0.3, -0.25) is 4.79 Å². The van der Waals surface area contributed by atoms with Crippen molar-refractivity contribution in [1.29, 1.82) is 0 Å². The van der Waals surface area contributed by atoms with Crippen molar-refractivity contribution in [2.24, 2.45) is 0 Å². The number of fused-ring (bicyclic) bond motifs is 1. The van der Waals surface area contributed by atoms with Crippen molar-refractivity contribution in [3.8, 4) is 11.3 Å². The van der Waals surface area contributed by atoms with Crippen LogP contribution in [-0.2, 0) is 15.6 Å².